The van der Waals surface area contributed by atoms with Gasteiger partial charge < -0.3 is 0 Å². The fraction of sp³-hybridized carbons (Fsp3) is 0.667. The quantitative estimate of drug-likeness (QED) is 0.735. The zero-order chi connectivity index (χ0) is 13.7. The van der Waals surface area contributed by atoms with Gasteiger partial charge in [0, 0.05) is 17.7 Å². The van der Waals surface area contributed by atoms with E-state index in [1.807, 2.05) is 4.68 Å². The number of aryl methyl sites for hydroxylation is 1. The first-order valence-electron chi connectivity index (χ1n) is 6.51. The summed E-state index contributed by atoms with van der Waals surface area (Å²) in [5, 5.41) is 16.1. The van der Waals surface area contributed by atoms with Crippen LogP contribution in [0.2, 0.25) is 0 Å². The van der Waals surface area contributed by atoms with Crippen molar-refractivity contribution in [2.45, 2.75) is 51.1 Å². The molecule has 0 amide bonds. The minimum atomic E-state index is 0.540. The molecule has 2 aromatic rings. The summed E-state index contributed by atoms with van der Waals surface area (Å²) in [4.78, 5) is 4.61. The van der Waals surface area contributed by atoms with Crippen molar-refractivity contribution in [2.75, 3.05) is 0 Å². The Balaban J connectivity index is 1.92. The van der Waals surface area contributed by atoms with Gasteiger partial charge in [0.1, 0.15) is 0 Å². The van der Waals surface area contributed by atoms with Crippen LogP contribution in [0.1, 0.15) is 37.9 Å². The number of aromatic nitrogens is 5. The summed E-state index contributed by atoms with van der Waals surface area (Å²) in [6, 6.07) is 0. The molecule has 0 atom stereocenters. The van der Waals surface area contributed by atoms with Crippen molar-refractivity contribution in [1.82, 2.24) is 25.2 Å². The molecule has 0 aliphatic rings. The lowest BCUT2D eigenvalue weighted by molar-refractivity contribution is 0.446. The first-order valence-corrected chi connectivity index (χ1v) is 8.37. The van der Waals surface area contributed by atoms with E-state index in [2.05, 4.69) is 46.7 Å². The molecule has 0 fully saturated rings. The molecular weight excluding hydrogens is 278 g/mol. The highest BCUT2D eigenvalue weighted by Crippen LogP contribution is 2.22. The third kappa shape index (κ3) is 4.28. The normalized spacial score (nSPS) is 11.4. The first-order chi connectivity index (χ1) is 9.19. The predicted molar refractivity (Wildman–Crippen MR) is 78.3 cm³/mol. The van der Waals surface area contributed by atoms with Crippen molar-refractivity contribution in [1.29, 1.82) is 0 Å². The van der Waals surface area contributed by atoms with Crippen molar-refractivity contribution in [2.24, 2.45) is 5.92 Å². The van der Waals surface area contributed by atoms with Gasteiger partial charge in [-0.05, 0) is 29.2 Å². The first kappa shape index (κ1) is 14.5. The van der Waals surface area contributed by atoms with Crippen LogP contribution in [0, 0.1) is 5.92 Å². The molecule has 0 aromatic carbocycles. The number of thioether (sulfide) groups is 1. The second-order valence-electron chi connectivity index (χ2n) is 4.81. The summed E-state index contributed by atoms with van der Waals surface area (Å²) in [7, 11) is 0. The largest absolute Gasteiger partial charge is 0.245 e. The van der Waals surface area contributed by atoms with Crippen LogP contribution >= 0.6 is 23.1 Å². The Morgan fingerprint density at radius 1 is 1.42 bits per heavy atom. The number of hydrogen-bond donors (Lipinski definition) is 0. The smallest absolute Gasteiger partial charge is 0.209 e. The van der Waals surface area contributed by atoms with Gasteiger partial charge in [-0.1, -0.05) is 32.5 Å². The zero-order valence-corrected chi connectivity index (χ0v) is 13.2. The molecule has 0 aliphatic heterocycles. The van der Waals surface area contributed by atoms with E-state index in [9.17, 15) is 0 Å². The molecule has 0 N–H and O–H groups in total. The van der Waals surface area contributed by atoms with Crippen LogP contribution in [0.3, 0.4) is 0 Å². The molecular formula is C12H19N5S2. The van der Waals surface area contributed by atoms with Crippen LogP contribution < -0.4 is 0 Å². The van der Waals surface area contributed by atoms with E-state index < -0.39 is 0 Å². The van der Waals surface area contributed by atoms with Crippen LogP contribution in [-0.4, -0.2) is 25.2 Å². The summed E-state index contributed by atoms with van der Waals surface area (Å²) in [5.74, 6) is 1.37. The van der Waals surface area contributed by atoms with Crippen molar-refractivity contribution < 1.29 is 0 Å². The molecule has 0 saturated heterocycles. The van der Waals surface area contributed by atoms with E-state index in [0.29, 0.717) is 5.92 Å². The summed E-state index contributed by atoms with van der Waals surface area (Å²) in [6.45, 7) is 7.35. The highest BCUT2D eigenvalue weighted by Gasteiger charge is 2.10. The van der Waals surface area contributed by atoms with Crippen molar-refractivity contribution in [3.8, 4) is 0 Å². The summed E-state index contributed by atoms with van der Waals surface area (Å²) >= 11 is 3.39. The van der Waals surface area contributed by atoms with Crippen LogP contribution in [-0.2, 0) is 18.7 Å². The topological polar surface area (TPSA) is 56.5 Å². The van der Waals surface area contributed by atoms with Crippen LogP contribution in [0.15, 0.2) is 10.5 Å². The Morgan fingerprint density at radius 2 is 2.26 bits per heavy atom. The molecule has 104 valence electrons. The van der Waals surface area contributed by atoms with Gasteiger partial charge in [0.15, 0.2) is 0 Å². The standard InChI is InChI=1S/C12H19N5S2/c1-4-5-11-13-10(7-18-11)8-19-12-14-15-16-17(12)6-9(2)3/h7,9H,4-6,8H2,1-3H3. The average molecular weight is 297 g/mol. The van der Waals surface area contributed by atoms with Gasteiger partial charge in [-0.15, -0.1) is 16.4 Å². The van der Waals surface area contributed by atoms with Crippen molar-refractivity contribution >= 4 is 23.1 Å². The lowest BCUT2D eigenvalue weighted by atomic mass is 10.2. The van der Waals surface area contributed by atoms with E-state index in [0.717, 1.165) is 36.0 Å². The van der Waals surface area contributed by atoms with Gasteiger partial charge in [-0.2, -0.15) is 0 Å². The Hall–Kier alpha value is -0.950. The highest BCUT2D eigenvalue weighted by atomic mass is 32.2. The monoisotopic (exact) mass is 297 g/mol. The second-order valence-corrected chi connectivity index (χ2v) is 6.69. The van der Waals surface area contributed by atoms with Crippen molar-refractivity contribution in [3.05, 3.63) is 16.1 Å². The van der Waals surface area contributed by atoms with E-state index >= 15 is 0 Å². The fourth-order valence-corrected chi connectivity index (χ4v) is 3.43. The van der Waals surface area contributed by atoms with E-state index in [1.165, 1.54) is 5.01 Å². The number of rotatable bonds is 7. The third-order valence-corrected chi connectivity index (χ3v) is 4.40. The molecule has 0 spiro atoms. The zero-order valence-electron chi connectivity index (χ0n) is 11.5. The van der Waals surface area contributed by atoms with E-state index in [4.69, 9.17) is 0 Å². The highest BCUT2D eigenvalue weighted by molar-refractivity contribution is 7.98. The number of nitrogens with zero attached hydrogens (tertiary/aromatic N) is 5. The Kier molecular flexibility index (Phi) is 5.33. The number of tetrazole rings is 1. The van der Waals surface area contributed by atoms with Crippen LogP contribution in [0.25, 0.3) is 0 Å². The second kappa shape index (κ2) is 7.00. The number of thiazole rings is 1. The Morgan fingerprint density at radius 3 is 3.00 bits per heavy atom. The summed E-state index contributed by atoms with van der Waals surface area (Å²) < 4.78 is 1.87. The van der Waals surface area contributed by atoms with Crippen molar-refractivity contribution in [3.63, 3.8) is 0 Å². The lowest BCUT2D eigenvalue weighted by Crippen LogP contribution is -2.07. The lowest BCUT2D eigenvalue weighted by Gasteiger charge is -2.05. The maximum atomic E-state index is 4.61. The molecule has 0 unspecified atom stereocenters. The van der Waals surface area contributed by atoms with Gasteiger partial charge in [-0.25, -0.2) is 9.67 Å². The molecule has 2 rings (SSSR count). The van der Waals surface area contributed by atoms with E-state index in [-0.39, 0.29) is 0 Å². The van der Waals surface area contributed by atoms with Crippen LogP contribution in [0.5, 0.6) is 0 Å². The minimum absolute atomic E-state index is 0.540. The SMILES string of the molecule is CCCc1nc(CSc2nnnn2CC(C)C)cs1. The maximum Gasteiger partial charge on any atom is 0.209 e. The molecule has 19 heavy (non-hydrogen) atoms. The molecule has 0 bridgehead atoms. The minimum Gasteiger partial charge on any atom is -0.245 e. The molecule has 0 radical (unpaired) electrons. The summed E-state index contributed by atoms with van der Waals surface area (Å²) in [6.07, 6.45) is 2.22. The van der Waals surface area contributed by atoms with Gasteiger partial charge >= 0.3 is 0 Å². The fourth-order valence-electron chi connectivity index (χ4n) is 1.64. The van der Waals surface area contributed by atoms with Crippen LogP contribution in [0.4, 0.5) is 0 Å². The summed E-state index contributed by atoms with van der Waals surface area (Å²) in [5.41, 5.74) is 1.12. The van der Waals surface area contributed by atoms with E-state index in [1.54, 1.807) is 23.1 Å². The molecule has 0 aliphatic carbocycles. The predicted octanol–water partition coefficient (Wildman–Crippen LogP) is 3.03. The molecule has 5 nitrogen and oxygen atoms in total. The molecule has 2 aromatic heterocycles. The number of hydrogen-bond acceptors (Lipinski definition) is 6. The Bertz CT molecular complexity index is 506. The van der Waals surface area contributed by atoms with Gasteiger partial charge in [0.2, 0.25) is 5.16 Å². The van der Waals surface area contributed by atoms with Gasteiger partial charge in [0.25, 0.3) is 0 Å². The molecule has 7 heteroatoms. The van der Waals surface area contributed by atoms with Gasteiger partial charge in [-0.3, -0.25) is 0 Å². The third-order valence-electron chi connectivity index (χ3n) is 2.45. The maximum absolute atomic E-state index is 4.61. The Labute approximate surface area is 121 Å². The average Bonchev–Trinajstić information content (AvgIpc) is 2.96. The molecule has 0 saturated carbocycles. The molecule has 2 heterocycles. The van der Waals surface area contributed by atoms with Gasteiger partial charge in [0.05, 0.1) is 10.7 Å².